The maximum Gasteiger partial charge on any atom is 0.265 e. The molecule has 0 unspecified atom stereocenters. The molecular weight excluding hydrogens is 420 g/mol. The first-order valence-corrected chi connectivity index (χ1v) is 11.1. The quantitative estimate of drug-likeness (QED) is 0.625. The molecule has 9 heteroatoms. The van der Waals surface area contributed by atoms with Gasteiger partial charge in [0.1, 0.15) is 0 Å². The Morgan fingerprint density at radius 3 is 2.39 bits per heavy atom. The summed E-state index contributed by atoms with van der Waals surface area (Å²) in [6.07, 6.45) is 1.07. The molecule has 2 amide bonds. The van der Waals surface area contributed by atoms with Crippen LogP contribution < -0.4 is 10.6 Å². The highest BCUT2D eigenvalue weighted by atomic mass is 35.5. The van der Waals surface area contributed by atoms with Crippen molar-refractivity contribution in [3.63, 3.8) is 0 Å². The summed E-state index contributed by atoms with van der Waals surface area (Å²) in [7, 11) is -3.42. The molecule has 144 valence electrons. The number of thiophene rings is 1. The normalized spacial score (nSPS) is 11.1. The number of nitrogens with one attached hydrogen (secondary N) is 2. The number of hydrogen-bond acceptors (Lipinski definition) is 5. The van der Waals surface area contributed by atoms with E-state index >= 15 is 0 Å². The predicted octanol–water partition coefficient (Wildman–Crippen LogP) is 4.31. The zero-order chi connectivity index (χ0) is 20.3. The lowest BCUT2D eigenvalue weighted by Crippen LogP contribution is -2.14. The van der Waals surface area contributed by atoms with Gasteiger partial charge in [-0.15, -0.1) is 11.3 Å². The summed E-state index contributed by atoms with van der Waals surface area (Å²) in [5.74, 6) is -0.747. The molecule has 0 spiro atoms. The van der Waals surface area contributed by atoms with Crippen molar-refractivity contribution in [1.82, 2.24) is 0 Å². The molecule has 3 aromatic rings. The molecule has 0 aliphatic heterocycles. The molecule has 1 heterocycles. The van der Waals surface area contributed by atoms with E-state index in [4.69, 9.17) is 11.6 Å². The third kappa shape index (κ3) is 4.78. The highest BCUT2D eigenvalue weighted by molar-refractivity contribution is 7.90. The third-order valence-electron chi connectivity index (χ3n) is 3.74. The Morgan fingerprint density at radius 1 is 0.964 bits per heavy atom. The first-order valence-electron chi connectivity index (χ1n) is 8.00. The summed E-state index contributed by atoms with van der Waals surface area (Å²) in [6, 6.07) is 13.9. The second kappa shape index (κ2) is 8.14. The Bertz CT molecular complexity index is 1140. The molecule has 1 aromatic heterocycles. The smallest absolute Gasteiger partial charge is 0.265 e. The standard InChI is InChI=1S/C19H15ClN2O4S2/c1-28(25,26)14-5-2-4-12(10-14)18(23)22-16-8-7-13(11-15(16)20)21-19(24)17-6-3-9-27-17/h2-11H,1H3,(H,21,24)(H,22,23). The average molecular weight is 435 g/mol. The second-order valence-electron chi connectivity index (χ2n) is 5.88. The summed E-state index contributed by atoms with van der Waals surface area (Å²) in [6.45, 7) is 0. The van der Waals surface area contributed by atoms with Crippen LogP contribution in [0.2, 0.25) is 5.02 Å². The van der Waals surface area contributed by atoms with E-state index in [-0.39, 0.29) is 21.4 Å². The van der Waals surface area contributed by atoms with Crippen molar-refractivity contribution in [3.05, 3.63) is 75.4 Å². The van der Waals surface area contributed by atoms with Gasteiger partial charge >= 0.3 is 0 Å². The van der Waals surface area contributed by atoms with Crippen LogP contribution in [-0.4, -0.2) is 26.5 Å². The van der Waals surface area contributed by atoms with Crippen molar-refractivity contribution in [1.29, 1.82) is 0 Å². The van der Waals surface area contributed by atoms with E-state index in [9.17, 15) is 18.0 Å². The van der Waals surface area contributed by atoms with Gasteiger partial charge in [-0.05, 0) is 47.8 Å². The van der Waals surface area contributed by atoms with Gasteiger partial charge in [0.2, 0.25) is 0 Å². The Balaban J connectivity index is 1.74. The van der Waals surface area contributed by atoms with Crippen molar-refractivity contribution < 1.29 is 18.0 Å². The lowest BCUT2D eigenvalue weighted by Gasteiger charge is -2.10. The number of hydrogen-bond donors (Lipinski definition) is 2. The van der Waals surface area contributed by atoms with E-state index in [0.717, 1.165) is 6.26 Å². The minimum absolute atomic E-state index is 0.0536. The molecule has 28 heavy (non-hydrogen) atoms. The average Bonchev–Trinajstić information content (AvgIpc) is 3.18. The summed E-state index contributed by atoms with van der Waals surface area (Å²) < 4.78 is 23.3. The Labute approximate surface area is 171 Å². The minimum atomic E-state index is -3.42. The molecular formula is C19H15ClN2O4S2. The predicted molar refractivity (Wildman–Crippen MR) is 111 cm³/mol. The molecule has 3 rings (SSSR count). The number of carbonyl (C=O) groups excluding carboxylic acids is 2. The third-order valence-corrected chi connectivity index (χ3v) is 6.04. The molecule has 0 aliphatic rings. The van der Waals surface area contributed by atoms with Crippen LogP contribution in [0.5, 0.6) is 0 Å². The molecule has 0 saturated carbocycles. The Kier molecular flexibility index (Phi) is 5.83. The number of benzene rings is 2. The van der Waals surface area contributed by atoms with E-state index in [2.05, 4.69) is 10.6 Å². The largest absolute Gasteiger partial charge is 0.321 e. The molecule has 2 N–H and O–H groups in total. The number of anilines is 2. The second-order valence-corrected chi connectivity index (χ2v) is 9.25. The fourth-order valence-electron chi connectivity index (χ4n) is 2.36. The zero-order valence-corrected chi connectivity index (χ0v) is 17.0. The van der Waals surface area contributed by atoms with E-state index < -0.39 is 15.7 Å². The SMILES string of the molecule is CS(=O)(=O)c1cccc(C(=O)Nc2ccc(NC(=O)c3cccs3)cc2Cl)c1. The minimum Gasteiger partial charge on any atom is -0.321 e. The lowest BCUT2D eigenvalue weighted by atomic mass is 10.2. The monoisotopic (exact) mass is 434 g/mol. The number of sulfone groups is 1. The summed E-state index contributed by atoms with van der Waals surface area (Å²) in [4.78, 5) is 25.1. The van der Waals surface area contributed by atoms with E-state index in [0.29, 0.717) is 16.3 Å². The van der Waals surface area contributed by atoms with Crippen LogP contribution in [-0.2, 0) is 9.84 Å². The van der Waals surface area contributed by atoms with Gasteiger partial charge in [0.25, 0.3) is 11.8 Å². The number of carbonyl (C=O) groups is 2. The van der Waals surface area contributed by atoms with Crippen LogP contribution in [0.3, 0.4) is 0 Å². The van der Waals surface area contributed by atoms with Crippen molar-refractivity contribution in [3.8, 4) is 0 Å². The summed E-state index contributed by atoms with van der Waals surface area (Å²) >= 11 is 7.54. The highest BCUT2D eigenvalue weighted by Gasteiger charge is 2.14. The van der Waals surface area contributed by atoms with E-state index in [1.807, 2.05) is 0 Å². The topological polar surface area (TPSA) is 92.3 Å². The summed E-state index contributed by atoms with van der Waals surface area (Å²) in [5, 5.41) is 7.40. The van der Waals surface area contributed by atoms with Gasteiger partial charge in [-0.25, -0.2) is 8.42 Å². The first-order chi connectivity index (χ1) is 13.2. The van der Waals surface area contributed by atoms with E-state index in [1.165, 1.54) is 41.7 Å². The molecule has 0 bridgehead atoms. The Morgan fingerprint density at radius 2 is 1.75 bits per heavy atom. The zero-order valence-electron chi connectivity index (χ0n) is 14.6. The molecule has 0 atom stereocenters. The van der Waals surface area contributed by atoms with Gasteiger partial charge in [-0.3, -0.25) is 9.59 Å². The van der Waals surface area contributed by atoms with Gasteiger partial charge in [0, 0.05) is 17.5 Å². The van der Waals surface area contributed by atoms with Gasteiger partial charge in [0.15, 0.2) is 9.84 Å². The molecule has 0 saturated heterocycles. The summed E-state index contributed by atoms with van der Waals surface area (Å²) in [5.41, 5.74) is 1.01. The van der Waals surface area contributed by atoms with Gasteiger partial charge < -0.3 is 10.6 Å². The van der Waals surface area contributed by atoms with Crippen molar-refractivity contribution in [2.75, 3.05) is 16.9 Å². The molecule has 0 aliphatic carbocycles. The lowest BCUT2D eigenvalue weighted by molar-refractivity contribution is 0.102. The van der Waals surface area contributed by atoms with Crippen LogP contribution in [0.4, 0.5) is 11.4 Å². The molecule has 6 nitrogen and oxygen atoms in total. The molecule has 2 aromatic carbocycles. The molecule has 0 radical (unpaired) electrons. The van der Waals surface area contributed by atoms with E-state index in [1.54, 1.807) is 29.6 Å². The van der Waals surface area contributed by atoms with Crippen LogP contribution in [0.15, 0.2) is 64.9 Å². The number of rotatable bonds is 5. The van der Waals surface area contributed by atoms with Gasteiger partial charge in [-0.1, -0.05) is 23.7 Å². The number of amides is 2. The number of halogens is 1. The maximum atomic E-state index is 12.4. The fourth-order valence-corrected chi connectivity index (χ4v) is 3.87. The van der Waals surface area contributed by atoms with Gasteiger partial charge in [0.05, 0.1) is 20.5 Å². The van der Waals surface area contributed by atoms with Crippen molar-refractivity contribution in [2.45, 2.75) is 4.90 Å². The first kappa shape index (κ1) is 20.1. The van der Waals surface area contributed by atoms with Crippen LogP contribution in [0.1, 0.15) is 20.0 Å². The molecule has 0 fully saturated rings. The van der Waals surface area contributed by atoms with Crippen LogP contribution in [0, 0.1) is 0 Å². The maximum absolute atomic E-state index is 12.4. The van der Waals surface area contributed by atoms with Crippen LogP contribution >= 0.6 is 22.9 Å². The van der Waals surface area contributed by atoms with Crippen molar-refractivity contribution in [2.24, 2.45) is 0 Å². The highest BCUT2D eigenvalue weighted by Crippen LogP contribution is 2.27. The van der Waals surface area contributed by atoms with Gasteiger partial charge in [-0.2, -0.15) is 0 Å². The fraction of sp³-hybridized carbons (Fsp3) is 0.0526. The van der Waals surface area contributed by atoms with Crippen molar-refractivity contribution >= 4 is 56.0 Å². The Hall–Kier alpha value is -2.68. The van der Waals surface area contributed by atoms with Crippen LogP contribution in [0.25, 0.3) is 0 Å².